The first-order valence-corrected chi connectivity index (χ1v) is 8.88. The van der Waals surface area contributed by atoms with Crippen LogP contribution in [-0.2, 0) is 5.75 Å². The van der Waals surface area contributed by atoms with Crippen molar-refractivity contribution < 1.29 is 8.81 Å². The Kier molecular flexibility index (Phi) is 4.49. The van der Waals surface area contributed by atoms with Gasteiger partial charge in [-0.05, 0) is 24.3 Å². The molecule has 0 atom stereocenters. The first kappa shape index (κ1) is 16.5. The van der Waals surface area contributed by atoms with E-state index in [9.17, 15) is 4.39 Å². The molecule has 0 bridgehead atoms. The Labute approximate surface area is 153 Å². The number of benzene rings is 2. The highest BCUT2D eigenvalue weighted by Gasteiger charge is 2.17. The van der Waals surface area contributed by atoms with Crippen molar-refractivity contribution in [3.8, 4) is 17.1 Å². The summed E-state index contributed by atoms with van der Waals surface area (Å²) in [5.41, 5.74) is 1.70. The van der Waals surface area contributed by atoms with Gasteiger partial charge >= 0.3 is 0 Å². The van der Waals surface area contributed by atoms with Gasteiger partial charge in [-0.15, -0.1) is 20.4 Å². The summed E-state index contributed by atoms with van der Waals surface area (Å²) < 4.78 is 20.7. The molecule has 0 radical (unpaired) electrons. The minimum absolute atomic E-state index is 0.293. The summed E-state index contributed by atoms with van der Waals surface area (Å²) in [5.74, 6) is 1.89. The van der Waals surface area contributed by atoms with Gasteiger partial charge in [0.1, 0.15) is 5.82 Å². The zero-order valence-electron chi connectivity index (χ0n) is 13.8. The molecular formula is C18H14FN5OS. The van der Waals surface area contributed by atoms with E-state index in [0.29, 0.717) is 28.5 Å². The van der Waals surface area contributed by atoms with Crippen LogP contribution in [0.2, 0.25) is 0 Å². The van der Waals surface area contributed by atoms with Crippen LogP contribution >= 0.6 is 11.8 Å². The summed E-state index contributed by atoms with van der Waals surface area (Å²) in [6.07, 6.45) is 0. The maximum absolute atomic E-state index is 13.4. The summed E-state index contributed by atoms with van der Waals surface area (Å²) in [7, 11) is 0. The Morgan fingerprint density at radius 3 is 2.42 bits per heavy atom. The number of aryl methyl sites for hydroxylation is 1. The molecule has 4 rings (SSSR count). The molecule has 0 aliphatic carbocycles. The molecule has 4 aromatic rings. The van der Waals surface area contributed by atoms with Crippen LogP contribution in [-0.4, -0.2) is 25.0 Å². The van der Waals surface area contributed by atoms with E-state index in [1.165, 1.54) is 23.9 Å². The zero-order valence-corrected chi connectivity index (χ0v) is 14.7. The minimum atomic E-state index is -0.293. The van der Waals surface area contributed by atoms with Crippen LogP contribution in [0.5, 0.6) is 0 Å². The van der Waals surface area contributed by atoms with E-state index in [2.05, 4.69) is 20.4 Å². The number of hydrogen-bond acceptors (Lipinski definition) is 6. The van der Waals surface area contributed by atoms with Crippen molar-refractivity contribution in [1.29, 1.82) is 0 Å². The number of thioether (sulfide) groups is 1. The second kappa shape index (κ2) is 7.09. The molecule has 0 unspecified atom stereocenters. The summed E-state index contributed by atoms with van der Waals surface area (Å²) in [6.45, 7) is 1.75. The largest absolute Gasteiger partial charge is 0.425 e. The molecule has 0 spiro atoms. The quantitative estimate of drug-likeness (QED) is 0.496. The third-order valence-corrected chi connectivity index (χ3v) is 4.56. The molecule has 0 N–H and O–H groups in total. The number of rotatable bonds is 5. The molecule has 26 heavy (non-hydrogen) atoms. The van der Waals surface area contributed by atoms with Crippen molar-refractivity contribution >= 4 is 11.8 Å². The van der Waals surface area contributed by atoms with E-state index in [1.54, 1.807) is 19.1 Å². The molecule has 8 heteroatoms. The second-order valence-corrected chi connectivity index (χ2v) is 6.43. The van der Waals surface area contributed by atoms with Crippen molar-refractivity contribution in [3.63, 3.8) is 0 Å². The fraction of sp³-hybridized carbons (Fsp3) is 0.111. The standard InChI is InChI=1S/C18H14FN5OS/c1-12-20-21-16(25-12)11-26-18-23-22-17(13-5-3-2-4-6-13)24(18)15-9-7-14(19)8-10-15/h2-10H,11H2,1H3. The van der Waals surface area contributed by atoms with Gasteiger partial charge in [-0.25, -0.2) is 4.39 Å². The predicted octanol–water partition coefficient (Wildman–Crippen LogP) is 4.06. The Hall–Kier alpha value is -3.00. The van der Waals surface area contributed by atoms with Gasteiger partial charge in [0.05, 0.1) is 5.75 Å². The van der Waals surface area contributed by atoms with Crippen LogP contribution in [0, 0.1) is 12.7 Å². The average molecular weight is 367 g/mol. The van der Waals surface area contributed by atoms with Gasteiger partial charge in [-0.3, -0.25) is 4.57 Å². The molecule has 0 aliphatic heterocycles. The summed E-state index contributed by atoms with van der Waals surface area (Å²) in [6, 6.07) is 16.0. The molecule has 130 valence electrons. The van der Waals surface area contributed by atoms with Crippen LogP contribution in [0.15, 0.2) is 64.2 Å². The van der Waals surface area contributed by atoms with Crippen LogP contribution in [0.25, 0.3) is 17.1 Å². The monoisotopic (exact) mass is 367 g/mol. The van der Waals surface area contributed by atoms with Crippen molar-refractivity contribution in [2.24, 2.45) is 0 Å². The maximum Gasteiger partial charge on any atom is 0.226 e. The molecule has 0 aliphatic rings. The molecule has 0 saturated heterocycles. The van der Waals surface area contributed by atoms with Crippen LogP contribution in [0.4, 0.5) is 4.39 Å². The van der Waals surface area contributed by atoms with Gasteiger partial charge < -0.3 is 4.42 Å². The molecule has 0 fully saturated rings. The molecule has 2 aromatic heterocycles. The van der Waals surface area contributed by atoms with E-state index in [-0.39, 0.29) is 5.82 Å². The molecule has 2 aromatic carbocycles. The number of nitrogens with zero attached hydrogens (tertiary/aromatic N) is 5. The fourth-order valence-electron chi connectivity index (χ4n) is 2.48. The highest BCUT2D eigenvalue weighted by atomic mass is 32.2. The minimum Gasteiger partial charge on any atom is -0.425 e. The van der Waals surface area contributed by atoms with Gasteiger partial charge in [0, 0.05) is 18.2 Å². The SMILES string of the molecule is Cc1nnc(CSc2nnc(-c3ccccc3)n2-c2ccc(F)cc2)o1. The lowest BCUT2D eigenvalue weighted by Gasteiger charge is -2.10. The third-order valence-electron chi connectivity index (χ3n) is 3.64. The first-order chi connectivity index (χ1) is 12.7. The van der Waals surface area contributed by atoms with Gasteiger partial charge in [0.2, 0.25) is 11.8 Å². The van der Waals surface area contributed by atoms with Crippen molar-refractivity contribution in [1.82, 2.24) is 25.0 Å². The lowest BCUT2D eigenvalue weighted by molar-refractivity contribution is 0.485. The zero-order chi connectivity index (χ0) is 17.9. The molecule has 0 saturated carbocycles. The van der Waals surface area contributed by atoms with Crippen molar-refractivity contribution in [3.05, 3.63) is 72.2 Å². The third kappa shape index (κ3) is 3.36. The highest BCUT2D eigenvalue weighted by Crippen LogP contribution is 2.29. The van der Waals surface area contributed by atoms with E-state index >= 15 is 0 Å². The smallest absolute Gasteiger partial charge is 0.226 e. The Balaban J connectivity index is 1.73. The normalized spacial score (nSPS) is 11.0. The van der Waals surface area contributed by atoms with E-state index in [0.717, 1.165) is 11.3 Å². The summed E-state index contributed by atoms with van der Waals surface area (Å²) in [5, 5.41) is 17.1. The van der Waals surface area contributed by atoms with Crippen molar-refractivity contribution in [2.75, 3.05) is 0 Å². The van der Waals surface area contributed by atoms with Crippen LogP contribution < -0.4 is 0 Å². The average Bonchev–Trinajstić information content (AvgIpc) is 3.27. The predicted molar refractivity (Wildman–Crippen MR) is 95.3 cm³/mol. The summed E-state index contributed by atoms with van der Waals surface area (Å²) >= 11 is 1.43. The topological polar surface area (TPSA) is 69.6 Å². The Morgan fingerprint density at radius 2 is 1.73 bits per heavy atom. The Morgan fingerprint density at radius 1 is 0.962 bits per heavy atom. The highest BCUT2D eigenvalue weighted by molar-refractivity contribution is 7.98. The maximum atomic E-state index is 13.4. The lowest BCUT2D eigenvalue weighted by Crippen LogP contribution is -2.00. The fourth-order valence-corrected chi connectivity index (χ4v) is 3.27. The molecular weight excluding hydrogens is 353 g/mol. The number of hydrogen-bond donors (Lipinski definition) is 0. The lowest BCUT2D eigenvalue weighted by atomic mass is 10.2. The van der Waals surface area contributed by atoms with E-state index in [1.807, 2.05) is 34.9 Å². The van der Waals surface area contributed by atoms with Gasteiger partial charge in [0.15, 0.2) is 11.0 Å². The number of halogens is 1. The van der Waals surface area contributed by atoms with Gasteiger partial charge in [0.25, 0.3) is 0 Å². The van der Waals surface area contributed by atoms with E-state index in [4.69, 9.17) is 4.42 Å². The molecule has 2 heterocycles. The molecule has 0 amide bonds. The van der Waals surface area contributed by atoms with Crippen LogP contribution in [0.3, 0.4) is 0 Å². The van der Waals surface area contributed by atoms with Crippen LogP contribution in [0.1, 0.15) is 11.8 Å². The van der Waals surface area contributed by atoms with Gasteiger partial charge in [-0.1, -0.05) is 42.1 Å². The number of aromatic nitrogens is 5. The second-order valence-electron chi connectivity index (χ2n) is 5.49. The van der Waals surface area contributed by atoms with Crippen molar-refractivity contribution in [2.45, 2.75) is 17.8 Å². The van der Waals surface area contributed by atoms with E-state index < -0.39 is 0 Å². The Bertz CT molecular complexity index is 1010. The first-order valence-electron chi connectivity index (χ1n) is 7.89. The summed E-state index contributed by atoms with van der Waals surface area (Å²) in [4.78, 5) is 0. The molecule has 6 nitrogen and oxygen atoms in total. The van der Waals surface area contributed by atoms with Gasteiger partial charge in [-0.2, -0.15) is 0 Å².